The third-order valence-corrected chi connectivity index (χ3v) is 3.46. The van der Waals surface area contributed by atoms with Crippen LogP contribution in [0.4, 0.5) is 5.69 Å². The van der Waals surface area contributed by atoms with Crippen LogP contribution in [0, 0.1) is 6.92 Å². The third kappa shape index (κ3) is 3.26. The van der Waals surface area contributed by atoms with Crippen LogP contribution < -0.4 is 0 Å². The summed E-state index contributed by atoms with van der Waals surface area (Å²) in [5.74, 6) is 0. The second kappa shape index (κ2) is 6.19. The van der Waals surface area contributed by atoms with Crippen molar-refractivity contribution in [1.29, 1.82) is 0 Å². The van der Waals surface area contributed by atoms with Gasteiger partial charge in [-0.3, -0.25) is 4.99 Å². The Balaban J connectivity index is 1.89. The summed E-state index contributed by atoms with van der Waals surface area (Å²) in [6.07, 6.45) is 1.93. The molecule has 21 heavy (non-hydrogen) atoms. The summed E-state index contributed by atoms with van der Waals surface area (Å²) in [4.78, 5) is 4.59. The molecule has 1 nitrogen and oxygen atoms in total. The Morgan fingerprint density at radius 3 is 2.24 bits per heavy atom. The van der Waals surface area contributed by atoms with E-state index >= 15 is 0 Å². The van der Waals surface area contributed by atoms with Crippen LogP contribution in [0.1, 0.15) is 11.1 Å². The van der Waals surface area contributed by atoms with Crippen LogP contribution in [0.2, 0.25) is 0 Å². The topological polar surface area (TPSA) is 12.4 Å². The van der Waals surface area contributed by atoms with Crippen LogP contribution in [0.3, 0.4) is 0 Å². The lowest BCUT2D eigenvalue weighted by atomic mass is 10.0. The maximum absolute atomic E-state index is 4.59. The van der Waals surface area contributed by atoms with Gasteiger partial charge < -0.3 is 0 Å². The Kier molecular flexibility index (Phi) is 3.92. The van der Waals surface area contributed by atoms with Crippen LogP contribution >= 0.6 is 0 Å². The minimum absolute atomic E-state index is 1.02. The molecule has 0 saturated heterocycles. The van der Waals surface area contributed by atoms with Crippen LogP contribution in [-0.2, 0) is 0 Å². The highest BCUT2D eigenvalue weighted by atomic mass is 14.7. The van der Waals surface area contributed by atoms with Crippen molar-refractivity contribution in [3.05, 3.63) is 90.0 Å². The van der Waals surface area contributed by atoms with Gasteiger partial charge in [0.15, 0.2) is 0 Å². The van der Waals surface area contributed by atoms with Gasteiger partial charge >= 0.3 is 0 Å². The van der Waals surface area contributed by atoms with Crippen molar-refractivity contribution in [3.63, 3.8) is 0 Å². The molecular weight excluding hydrogens is 254 g/mol. The molecule has 0 saturated carbocycles. The average molecular weight is 271 g/mol. The van der Waals surface area contributed by atoms with E-state index in [0.29, 0.717) is 0 Å². The molecule has 3 aromatic rings. The summed E-state index contributed by atoms with van der Waals surface area (Å²) in [5.41, 5.74) is 5.75. The highest BCUT2D eigenvalue weighted by molar-refractivity contribution is 5.84. The smallest absolute Gasteiger partial charge is 0.0659 e. The number of rotatable bonds is 3. The second-order valence-corrected chi connectivity index (χ2v) is 5.04. The van der Waals surface area contributed by atoms with Gasteiger partial charge in [0.05, 0.1) is 5.69 Å². The largest absolute Gasteiger partial charge is 0.256 e. The van der Waals surface area contributed by atoms with Crippen LogP contribution in [-0.4, -0.2) is 6.21 Å². The van der Waals surface area contributed by atoms with E-state index < -0.39 is 0 Å². The average Bonchev–Trinajstić information content (AvgIpc) is 2.55. The fourth-order valence-corrected chi connectivity index (χ4v) is 2.28. The van der Waals surface area contributed by atoms with E-state index in [9.17, 15) is 0 Å². The molecule has 0 N–H and O–H groups in total. The number of hydrogen-bond acceptors (Lipinski definition) is 1. The van der Waals surface area contributed by atoms with Gasteiger partial charge in [0.25, 0.3) is 0 Å². The molecule has 3 aromatic carbocycles. The van der Waals surface area contributed by atoms with Crippen molar-refractivity contribution in [2.75, 3.05) is 0 Å². The molecule has 0 aliphatic rings. The Labute approximate surface area is 125 Å². The maximum Gasteiger partial charge on any atom is 0.0659 e. The molecule has 0 amide bonds. The zero-order valence-corrected chi connectivity index (χ0v) is 12.0. The third-order valence-electron chi connectivity index (χ3n) is 3.46. The molecule has 0 radical (unpaired) electrons. The standard InChI is InChI=1S/C20H17N/c1-16-8-5-6-13-20(16)21-15-17-9-7-12-19(14-17)18-10-3-2-4-11-18/h2-15H,1H3. The van der Waals surface area contributed by atoms with Crippen molar-refractivity contribution in [3.8, 4) is 11.1 Å². The van der Waals surface area contributed by atoms with Crippen molar-refractivity contribution in [1.82, 2.24) is 0 Å². The number of aryl methyl sites for hydroxylation is 1. The van der Waals surface area contributed by atoms with E-state index in [4.69, 9.17) is 0 Å². The number of benzene rings is 3. The summed E-state index contributed by atoms with van der Waals surface area (Å²) >= 11 is 0. The fraction of sp³-hybridized carbons (Fsp3) is 0.0500. The van der Waals surface area contributed by atoms with Gasteiger partial charge in [-0.05, 0) is 41.3 Å². The first-order chi connectivity index (χ1) is 10.3. The summed E-state index contributed by atoms with van der Waals surface area (Å²) in [7, 11) is 0. The van der Waals surface area contributed by atoms with Crippen molar-refractivity contribution >= 4 is 11.9 Å². The molecule has 0 aliphatic carbocycles. The maximum atomic E-state index is 4.59. The van der Waals surface area contributed by atoms with Crippen LogP contribution in [0.25, 0.3) is 11.1 Å². The number of hydrogen-bond donors (Lipinski definition) is 0. The molecule has 0 fully saturated rings. The van der Waals surface area contributed by atoms with Gasteiger partial charge in [0.2, 0.25) is 0 Å². The van der Waals surface area contributed by atoms with Crippen molar-refractivity contribution < 1.29 is 0 Å². The van der Waals surface area contributed by atoms with Gasteiger partial charge in [-0.2, -0.15) is 0 Å². The Hall–Kier alpha value is -2.67. The first kappa shape index (κ1) is 13.3. The quantitative estimate of drug-likeness (QED) is 0.564. The van der Waals surface area contributed by atoms with Gasteiger partial charge in [-0.1, -0.05) is 66.7 Å². The molecule has 0 aliphatic heterocycles. The lowest BCUT2D eigenvalue weighted by Crippen LogP contribution is -1.83. The Bertz CT molecular complexity index is 758. The van der Waals surface area contributed by atoms with Gasteiger partial charge in [-0.15, -0.1) is 0 Å². The lowest BCUT2D eigenvalue weighted by Gasteiger charge is -2.03. The normalized spacial score (nSPS) is 10.9. The SMILES string of the molecule is Cc1ccccc1N=Cc1cccc(-c2ccccc2)c1. The monoisotopic (exact) mass is 271 g/mol. The van der Waals surface area contributed by atoms with E-state index in [-0.39, 0.29) is 0 Å². The lowest BCUT2D eigenvalue weighted by molar-refractivity contribution is 1.40. The molecule has 0 unspecified atom stereocenters. The zero-order valence-electron chi connectivity index (χ0n) is 12.0. The van der Waals surface area contributed by atoms with E-state index in [1.807, 2.05) is 30.5 Å². The van der Waals surface area contributed by atoms with Gasteiger partial charge in [0.1, 0.15) is 0 Å². The zero-order chi connectivity index (χ0) is 14.5. The predicted molar refractivity (Wildman–Crippen MR) is 90.3 cm³/mol. The highest BCUT2D eigenvalue weighted by Crippen LogP contribution is 2.20. The van der Waals surface area contributed by atoms with E-state index in [0.717, 1.165) is 11.3 Å². The van der Waals surface area contributed by atoms with Crippen LogP contribution in [0.15, 0.2) is 83.9 Å². The molecule has 0 spiro atoms. The first-order valence-corrected chi connectivity index (χ1v) is 7.08. The molecule has 3 rings (SSSR count). The minimum Gasteiger partial charge on any atom is -0.256 e. The van der Waals surface area contributed by atoms with Gasteiger partial charge in [-0.25, -0.2) is 0 Å². The summed E-state index contributed by atoms with van der Waals surface area (Å²) in [6.45, 7) is 2.08. The molecule has 1 heteroatoms. The summed E-state index contributed by atoms with van der Waals surface area (Å²) in [6, 6.07) is 27.0. The van der Waals surface area contributed by atoms with Crippen molar-refractivity contribution in [2.45, 2.75) is 6.92 Å². The molecular formula is C20H17N. The minimum atomic E-state index is 1.02. The first-order valence-electron chi connectivity index (χ1n) is 7.08. The fourth-order valence-electron chi connectivity index (χ4n) is 2.28. The molecule has 0 heterocycles. The molecule has 0 aromatic heterocycles. The predicted octanol–water partition coefficient (Wildman–Crippen LogP) is 5.41. The van der Waals surface area contributed by atoms with E-state index in [2.05, 4.69) is 66.5 Å². The van der Waals surface area contributed by atoms with Crippen LogP contribution in [0.5, 0.6) is 0 Å². The molecule has 102 valence electrons. The Morgan fingerprint density at radius 1 is 0.714 bits per heavy atom. The number of nitrogens with zero attached hydrogens (tertiary/aromatic N) is 1. The molecule has 0 atom stereocenters. The molecule has 0 bridgehead atoms. The number of para-hydroxylation sites is 1. The van der Waals surface area contributed by atoms with E-state index in [1.165, 1.54) is 16.7 Å². The second-order valence-electron chi connectivity index (χ2n) is 5.04. The van der Waals surface area contributed by atoms with Crippen molar-refractivity contribution in [2.24, 2.45) is 4.99 Å². The van der Waals surface area contributed by atoms with Gasteiger partial charge in [0, 0.05) is 6.21 Å². The highest BCUT2D eigenvalue weighted by Gasteiger charge is 1.98. The summed E-state index contributed by atoms with van der Waals surface area (Å²) < 4.78 is 0. The summed E-state index contributed by atoms with van der Waals surface area (Å²) in [5, 5.41) is 0. The Morgan fingerprint density at radius 2 is 1.43 bits per heavy atom. The number of aliphatic imine (C=N–C) groups is 1. The van der Waals surface area contributed by atoms with E-state index in [1.54, 1.807) is 0 Å².